The van der Waals surface area contributed by atoms with Crippen LogP contribution in [-0.4, -0.2) is 29.6 Å². The normalized spacial score (nSPS) is 10.5. The number of carbonyl (C=O) groups excluding carboxylic acids is 3. The van der Waals surface area contributed by atoms with Crippen molar-refractivity contribution in [1.29, 1.82) is 0 Å². The fraction of sp³-hybridized carbons (Fsp3) is 0.111. The number of ketones is 2. The highest BCUT2D eigenvalue weighted by Gasteiger charge is 2.20. The van der Waals surface area contributed by atoms with E-state index in [0.29, 0.717) is 21.9 Å². The molecule has 8 heteroatoms. The van der Waals surface area contributed by atoms with Crippen LogP contribution in [0, 0.1) is 0 Å². The summed E-state index contributed by atoms with van der Waals surface area (Å²) in [6, 6.07) is 11.4. The molecule has 0 unspecified atom stereocenters. The number of hydrogen-bond acceptors (Lipinski definition) is 6. The Morgan fingerprint density at radius 2 is 1.88 bits per heavy atom. The highest BCUT2D eigenvalue weighted by Crippen LogP contribution is 2.29. The Hall–Kier alpha value is -2.77. The first-order valence-corrected chi connectivity index (χ1v) is 8.73. The molecule has 0 fully saturated rings. The molecule has 0 atom stereocenters. The molecule has 1 aromatic heterocycles. The lowest BCUT2D eigenvalue weighted by Crippen LogP contribution is -2.25. The summed E-state index contributed by atoms with van der Waals surface area (Å²) >= 11 is 6.97. The van der Waals surface area contributed by atoms with Gasteiger partial charge in [0.25, 0.3) is 5.91 Å². The molecule has 0 spiro atoms. The molecule has 0 saturated heterocycles. The summed E-state index contributed by atoms with van der Waals surface area (Å²) in [6.45, 7) is 0. The number of halogens is 1. The van der Waals surface area contributed by atoms with E-state index in [-0.39, 0.29) is 5.13 Å². The average Bonchev–Trinajstić information content (AvgIpc) is 3.03. The standard InChI is InChI=1S/C18H13ClN2O4S/c1-25-12-6-7-13-16(8-12)26-18(20-13)21-17(24)15(23)9-14(22)10-2-4-11(19)5-3-10/h2-8H,9H2,1H3,(H,20,21,24). The van der Waals surface area contributed by atoms with Gasteiger partial charge < -0.3 is 4.74 Å². The Morgan fingerprint density at radius 3 is 2.58 bits per heavy atom. The first-order valence-electron chi connectivity index (χ1n) is 7.54. The minimum atomic E-state index is -0.877. The second-order valence-corrected chi connectivity index (χ2v) is 6.80. The van der Waals surface area contributed by atoms with Crippen molar-refractivity contribution in [3.8, 4) is 5.75 Å². The molecule has 0 radical (unpaired) electrons. The molecule has 3 aromatic rings. The van der Waals surface area contributed by atoms with E-state index < -0.39 is 23.9 Å². The fourth-order valence-corrected chi connectivity index (χ4v) is 3.23. The van der Waals surface area contributed by atoms with Gasteiger partial charge in [-0.3, -0.25) is 19.7 Å². The van der Waals surface area contributed by atoms with Crippen molar-refractivity contribution in [2.45, 2.75) is 6.42 Å². The molecular formula is C18H13ClN2O4S. The van der Waals surface area contributed by atoms with E-state index in [2.05, 4.69) is 10.3 Å². The number of amides is 1. The van der Waals surface area contributed by atoms with Gasteiger partial charge in [0.1, 0.15) is 5.75 Å². The van der Waals surface area contributed by atoms with Gasteiger partial charge in [0.2, 0.25) is 5.78 Å². The van der Waals surface area contributed by atoms with Crippen LogP contribution in [0.2, 0.25) is 5.02 Å². The third-order valence-corrected chi connectivity index (χ3v) is 4.74. The van der Waals surface area contributed by atoms with Crippen LogP contribution >= 0.6 is 22.9 Å². The van der Waals surface area contributed by atoms with Crippen molar-refractivity contribution < 1.29 is 19.1 Å². The molecule has 132 valence electrons. The smallest absolute Gasteiger partial charge is 0.294 e. The highest BCUT2D eigenvalue weighted by atomic mass is 35.5. The van der Waals surface area contributed by atoms with Crippen molar-refractivity contribution >= 4 is 55.8 Å². The lowest BCUT2D eigenvalue weighted by molar-refractivity contribution is -0.134. The number of nitrogens with zero attached hydrogens (tertiary/aromatic N) is 1. The highest BCUT2D eigenvalue weighted by molar-refractivity contribution is 7.22. The van der Waals surface area contributed by atoms with Gasteiger partial charge >= 0.3 is 0 Å². The zero-order valence-corrected chi connectivity index (χ0v) is 15.2. The van der Waals surface area contributed by atoms with Gasteiger partial charge in [-0.1, -0.05) is 22.9 Å². The van der Waals surface area contributed by atoms with Gasteiger partial charge in [-0.2, -0.15) is 0 Å². The molecule has 1 N–H and O–H groups in total. The maximum Gasteiger partial charge on any atom is 0.294 e. The quantitative estimate of drug-likeness (QED) is 0.395. The minimum Gasteiger partial charge on any atom is -0.497 e. The van der Waals surface area contributed by atoms with Crippen molar-refractivity contribution in [2.24, 2.45) is 0 Å². The molecule has 2 aromatic carbocycles. The summed E-state index contributed by atoms with van der Waals surface area (Å²) in [6.07, 6.45) is -0.522. The maximum atomic E-state index is 12.1. The topological polar surface area (TPSA) is 85.4 Å². The summed E-state index contributed by atoms with van der Waals surface area (Å²) < 4.78 is 5.95. The van der Waals surface area contributed by atoms with Crippen molar-refractivity contribution in [2.75, 3.05) is 12.4 Å². The fourth-order valence-electron chi connectivity index (χ4n) is 2.22. The first kappa shape index (κ1) is 18.0. The van der Waals surface area contributed by atoms with E-state index in [1.165, 1.54) is 23.5 Å². The number of hydrogen-bond donors (Lipinski definition) is 1. The van der Waals surface area contributed by atoms with Crippen LogP contribution in [0.5, 0.6) is 5.75 Å². The Morgan fingerprint density at radius 1 is 1.15 bits per heavy atom. The van der Waals surface area contributed by atoms with E-state index >= 15 is 0 Å². The summed E-state index contributed by atoms with van der Waals surface area (Å²) in [5.41, 5.74) is 0.999. The SMILES string of the molecule is COc1ccc2nc(NC(=O)C(=O)CC(=O)c3ccc(Cl)cc3)sc2c1. The van der Waals surface area contributed by atoms with Gasteiger partial charge in [-0.25, -0.2) is 4.98 Å². The monoisotopic (exact) mass is 388 g/mol. The second-order valence-electron chi connectivity index (χ2n) is 5.34. The predicted molar refractivity (Wildman–Crippen MR) is 100 cm³/mol. The van der Waals surface area contributed by atoms with Gasteiger partial charge in [-0.05, 0) is 42.5 Å². The van der Waals surface area contributed by atoms with Crippen LogP contribution in [0.25, 0.3) is 10.2 Å². The Kier molecular flexibility index (Phi) is 5.29. The van der Waals surface area contributed by atoms with Crippen molar-refractivity contribution in [3.05, 3.63) is 53.1 Å². The van der Waals surface area contributed by atoms with Crippen LogP contribution in [0.1, 0.15) is 16.8 Å². The number of anilines is 1. The van der Waals surface area contributed by atoms with Gasteiger partial charge in [0.05, 0.1) is 23.7 Å². The average molecular weight is 389 g/mol. The number of carbonyl (C=O) groups is 3. The molecule has 1 amide bonds. The number of fused-ring (bicyclic) bond motifs is 1. The van der Waals surface area contributed by atoms with Crippen molar-refractivity contribution in [3.63, 3.8) is 0 Å². The molecular weight excluding hydrogens is 376 g/mol. The first-order chi connectivity index (χ1) is 12.5. The third kappa shape index (κ3) is 4.07. The van der Waals surface area contributed by atoms with E-state index in [4.69, 9.17) is 16.3 Å². The van der Waals surface area contributed by atoms with Gasteiger partial charge in [0, 0.05) is 10.6 Å². The Labute approximate surface area is 157 Å². The predicted octanol–water partition coefficient (Wildman–Crippen LogP) is 3.74. The number of Topliss-reactive ketones (excluding diaryl/α,β-unsaturated/α-hetero) is 2. The number of ether oxygens (including phenoxy) is 1. The minimum absolute atomic E-state index is 0.283. The number of aromatic nitrogens is 1. The van der Waals surface area contributed by atoms with Crippen LogP contribution < -0.4 is 10.1 Å². The number of benzene rings is 2. The van der Waals surface area contributed by atoms with E-state index in [1.807, 2.05) is 0 Å². The molecule has 0 aliphatic rings. The largest absolute Gasteiger partial charge is 0.497 e. The number of methoxy groups -OCH3 is 1. The van der Waals surface area contributed by atoms with Crippen LogP contribution in [0.3, 0.4) is 0 Å². The van der Waals surface area contributed by atoms with Gasteiger partial charge in [0.15, 0.2) is 10.9 Å². The maximum absolute atomic E-state index is 12.1. The zero-order chi connectivity index (χ0) is 18.7. The van der Waals surface area contributed by atoms with Crippen LogP contribution in [0.15, 0.2) is 42.5 Å². The van der Waals surface area contributed by atoms with E-state index in [0.717, 1.165) is 4.70 Å². The van der Waals surface area contributed by atoms with Gasteiger partial charge in [-0.15, -0.1) is 0 Å². The van der Waals surface area contributed by atoms with Crippen molar-refractivity contribution in [1.82, 2.24) is 4.98 Å². The Bertz CT molecular complexity index is 998. The summed E-state index contributed by atoms with van der Waals surface area (Å²) in [4.78, 5) is 40.4. The molecule has 0 aliphatic heterocycles. The third-order valence-electron chi connectivity index (χ3n) is 3.56. The summed E-state index contributed by atoms with van der Waals surface area (Å²) in [5.74, 6) is -1.49. The number of nitrogens with one attached hydrogen (secondary N) is 1. The molecule has 0 bridgehead atoms. The van der Waals surface area contributed by atoms with Crippen LogP contribution in [-0.2, 0) is 9.59 Å². The number of rotatable bonds is 6. The molecule has 0 aliphatic carbocycles. The molecule has 3 rings (SSSR count). The number of thiazole rings is 1. The van der Waals surface area contributed by atoms with E-state index in [9.17, 15) is 14.4 Å². The zero-order valence-electron chi connectivity index (χ0n) is 13.6. The van der Waals surface area contributed by atoms with Crippen LogP contribution in [0.4, 0.5) is 5.13 Å². The van der Waals surface area contributed by atoms with E-state index in [1.54, 1.807) is 37.4 Å². The molecule has 26 heavy (non-hydrogen) atoms. The summed E-state index contributed by atoms with van der Waals surface area (Å²) in [5, 5.41) is 3.21. The second kappa shape index (κ2) is 7.63. The molecule has 0 saturated carbocycles. The molecule has 6 nitrogen and oxygen atoms in total. The Balaban J connectivity index is 1.66. The lowest BCUT2D eigenvalue weighted by atomic mass is 10.1. The lowest BCUT2D eigenvalue weighted by Gasteiger charge is -2.01. The molecule has 1 heterocycles. The summed E-state index contributed by atoms with van der Waals surface area (Å²) in [7, 11) is 1.56.